The number of hydrogen-bond donors (Lipinski definition) is 3. The van der Waals surface area contributed by atoms with Crippen LogP contribution < -0.4 is 11.1 Å². The number of nitrogens with two attached hydrogens (primary N) is 1. The van der Waals surface area contributed by atoms with Gasteiger partial charge in [-0.05, 0) is 11.6 Å². The summed E-state index contributed by atoms with van der Waals surface area (Å²) in [5.41, 5.74) is 6.82. The Kier molecular flexibility index (Phi) is 2.13. The first-order valence-corrected chi connectivity index (χ1v) is 4.51. The van der Waals surface area contributed by atoms with Crippen molar-refractivity contribution in [2.24, 2.45) is 11.7 Å². The van der Waals surface area contributed by atoms with Gasteiger partial charge in [0.25, 0.3) is 0 Å². The Labute approximate surface area is 81.8 Å². The maximum atomic E-state index is 10.7. The number of hydrogen-bond acceptors (Lipinski definition) is 3. The predicted molar refractivity (Wildman–Crippen MR) is 52.4 cm³/mol. The summed E-state index contributed by atoms with van der Waals surface area (Å²) in [5, 5.41) is 11.7. The van der Waals surface area contributed by atoms with Gasteiger partial charge in [-0.2, -0.15) is 0 Å². The highest BCUT2D eigenvalue weighted by Crippen LogP contribution is 2.24. The van der Waals surface area contributed by atoms with Gasteiger partial charge in [-0.15, -0.1) is 0 Å². The molecule has 0 radical (unpaired) electrons. The van der Waals surface area contributed by atoms with Crippen LogP contribution in [0.5, 0.6) is 0 Å². The van der Waals surface area contributed by atoms with Crippen molar-refractivity contribution >= 4 is 5.97 Å². The highest BCUT2D eigenvalue weighted by Gasteiger charge is 2.28. The fourth-order valence-corrected chi connectivity index (χ4v) is 1.74. The van der Waals surface area contributed by atoms with Gasteiger partial charge in [-0.3, -0.25) is 0 Å². The standard InChI is InChI=1S/C10H12N2O2/c11-5-6-1-2-7-4-9(10(13)14)12-8(7)3-6/h1-4,7-8,12H,5,11H2,(H,13,14). The molecule has 0 saturated heterocycles. The van der Waals surface area contributed by atoms with Gasteiger partial charge in [0.05, 0.1) is 6.04 Å². The number of carboxylic acid groups (broad SMARTS) is 1. The minimum atomic E-state index is -0.907. The van der Waals surface area contributed by atoms with Crippen LogP contribution in [0.2, 0.25) is 0 Å². The van der Waals surface area contributed by atoms with E-state index in [0.717, 1.165) is 5.57 Å². The zero-order valence-electron chi connectivity index (χ0n) is 7.60. The number of carboxylic acids is 1. The summed E-state index contributed by atoms with van der Waals surface area (Å²) < 4.78 is 0. The van der Waals surface area contributed by atoms with Crippen LogP contribution in [0.4, 0.5) is 0 Å². The first kappa shape index (κ1) is 9.02. The van der Waals surface area contributed by atoms with E-state index >= 15 is 0 Å². The monoisotopic (exact) mass is 192 g/mol. The lowest BCUT2D eigenvalue weighted by Gasteiger charge is -2.18. The molecule has 0 aromatic carbocycles. The molecule has 74 valence electrons. The largest absolute Gasteiger partial charge is 0.477 e. The molecule has 4 nitrogen and oxygen atoms in total. The van der Waals surface area contributed by atoms with Gasteiger partial charge in [-0.25, -0.2) is 4.79 Å². The van der Waals surface area contributed by atoms with Crippen molar-refractivity contribution in [3.8, 4) is 0 Å². The SMILES string of the molecule is NCC1=CC2NC(C(=O)O)=CC2C=C1. The van der Waals surface area contributed by atoms with Crippen LogP contribution in [0, 0.1) is 5.92 Å². The Morgan fingerprint density at radius 3 is 3.00 bits per heavy atom. The van der Waals surface area contributed by atoms with Gasteiger partial charge in [-0.1, -0.05) is 18.2 Å². The fraction of sp³-hybridized carbons (Fsp3) is 0.300. The normalized spacial score (nSPS) is 28.9. The van der Waals surface area contributed by atoms with Crippen LogP contribution in [-0.2, 0) is 4.79 Å². The number of carbonyl (C=O) groups is 1. The van der Waals surface area contributed by atoms with Crippen molar-refractivity contribution in [1.82, 2.24) is 5.32 Å². The molecule has 14 heavy (non-hydrogen) atoms. The lowest BCUT2D eigenvalue weighted by molar-refractivity contribution is -0.133. The fourth-order valence-electron chi connectivity index (χ4n) is 1.74. The second-order valence-electron chi connectivity index (χ2n) is 3.44. The van der Waals surface area contributed by atoms with Gasteiger partial charge in [0, 0.05) is 12.5 Å². The van der Waals surface area contributed by atoms with Crippen molar-refractivity contribution in [1.29, 1.82) is 0 Å². The zero-order chi connectivity index (χ0) is 10.1. The van der Waals surface area contributed by atoms with Gasteiger partial charge in [0.2, 0.25) is 0 Å². The van der Waals surface area contributed by atoms with Crippen LogP contribution in [0.1, 0.15) is 0 Å². The molecule has 2 rings (SSSR count). The summed E-state index contributed by atoms with van der Waals surface area (Å²) in [6.07, 6.45) is 7.64. The topological polar surface area (TPSA) is 75.3 Å². The van der Waals surface area contributed by atoms with Crippen LogP contribution in [0.25, 0.3) is 0 Å². The van der Waals surface area contributed by atoms with E-state index < -0.39 is 5.97 Å². The van der Waals surface area contributed by atoms with E-state index in [1.54, 1.807) is 6.08 Å². The molecular formula is C10H12N2O2. The van der Waals surface area contributed by atoms with E-state index in [-0.39, 0.29) is 17.7 Å². The summed E-state index contributed by atoms with van der Waals surface area (Å²) in [4.78, 5) is 10.7. The first-order valence-electron chi connectivity index (χ1n) is 4.51. The maximum Gasteiger partial charge on any atom is 0.351 e. The third-order valence-electron chi connectivity index (χ3n) is 2.49. The van der Waals surface area contributed by atoms with E-state index in [4.69, 9.17) is 10.8 Å². The molecule has 0 saturated carbocycles. The molecule has 1 aliphatic heterocycles. The van der Waals surface area contributed by atoms with Crippen molar-refractivity contribution in [2.45, 2.75) is 6.04 Å². The molecule has 4 N–H and O–H groups in total. The smallest absolute Gasteiger partial charge is 0.351 e. The summed E-state index contributed by atoms with van der Waals surface area (Å²) in [6, 6.07) is 0.0599. The molecule has 0 bridgehead atoms. The van der Waals surface area contributed by atoms with E-state index in [1.807, 2.05) is 18.2 Å². The molecule has 2 unspecified atom stereocenters. The van der Waals surface area contributed by atoms with Gasteiger partial charge in [0.15, 0.2) is 0 Å². The molecule has 0 amide bonds. The average molecular weight is 192 g/mol. The van der Waals surface area contributed by atoms with E-state index in [9.17, 15) is 4.79 Å². The average Bonchev–Trinajstić information content (AvgIpc) is 2.59. The summed E-state index contributed by atoms with van der Waals surface area (Å²) in [6.45, 7) is 0.490. The molecule has 2 aliphatic rings. The third-order valence-corrected chi connectivity index (χ3v) is 2.49. The van der Waals surface area contributed by atoms with Crippen LogP contribution >= 0.6 is 0 Å². The molecule has 0 fully saturated rings. The number of fused-ring (bicyclic) bond motifs is 1. The molecule has 1 aliphatic carbocycles. The van der Waals surface area contributed by atoms with Crippen molar-refractivity contribution < 1.29 is 9.90 Å². The minimum Gasteiger partial charge on any atom is -0.477 e. The number of aliphatic carboxylic acids is 1. The zero-order valence-corrected chi connectivity index (χ0v) is 7.60. The molecular weight excluding hydrogens is 180 g/mol. The second-order valence-corrected chi connectivity index (χ2v) is 3.44. The van der Waals surface area contributed by atoms with Crippen LogP contribution in [0.15, 0.2) is 35.6 Å². The Morgan fingerprint density at radius 2 is 2.36 bits per heavy atom. The Balaban J connectivity index is 2.17. The quantitative estimate of drug-likeness (QED) is 0.575. The van der Waals surface area contributed by atoms with E-state index in [1.165, 1.54) is 0 Å². The molecule has 1 heterocycles. The Bertz CT molecular complexity index is 355. The Hall–Kier alpha value is -1.55. The lowest BCUT2D eigenvalue weighted by atomic mass is 9.94. The molecule has 0 aromatic heterocycles. The first-order chi connectivity index (χ1) is 6.70. The molecule has 2 atom stereocenters. The second kappa shape index (κ2) is 3.31. The van der Waals surface area contributed by atoms with Gasteiger partial charge in [0.1, 0.15) is 5.70 Å². The highest BCUT2D eigenvalue weighted by atomic mass is 16.4. The predicted octanol–water partition coefficient (Wildman–Crippen LogP) is -0.00220. The van der Waals surface area contributed by atoms with E-state index in [0.29, 0.717) is 6.54 Å². The summed E-state index contributed by atoms with van der Waals surface area (Å²) in [7, 11) is 0. The van der Waals surface area contributed by atoms with Crippen molar-refractivity contribution in [3.63, 3.8) is 0 Å². The van der Waals surface area contributed by atoms with Crippen molar-refractivity contribution in [2.75, 3.05) is 6.54 Å². The number of rotatable bonds is 2. The lowest BCUT2D eigenvalue weighted by Crippen LogP contribution is -2.30. The van der Waals surface area contributed by atoms with Gasteiger partial charge < -0.3 is 16.2 Å². The molecule has 4 heteroatoms. The molecule has 0 aromatic rings. The number of nitrogens with one attached hydrogen (secondary N) is 1. The van der Waals surface area contributed by atoms with Crippen LogP contribution in [-0.4, -0.2) is 23.7 Å². The van der Waals surface area contributed by atoms with E-state index in [2.05, 4.69) is 5.32 Å². The maximum absolute atomic E-state index is 10.7. The third kappa shape index (κ3) is 1.44. The van der Waals surface area contributed by atoms with Gasteiger partial charge >= 0.3 is 5.97 Å². The van der Waals surface area contributed by atoms with Crippen LogP contribution in [0.3, 0.4) is 0 Å². The summed E-state index contributed by atoms with van der Waals surface area (Å²) >= 11 is 0. The minimum absolute atomic E-state index is 0.0599. The summed E-state index contributed by atoms with van der Waals surface area (Å²) in [5.74, 6) is -0.758. The highest BCUT2D eigenvalue weighted by molar-refractivity contribution is 5.86. The Morgan fingerprint density at radius 1 is 1.57 bits per heavy atom. The van der Waals surface area contributed by atoms with Crippen molar-refractivity contribution in [3.05, 3.63) is 35.6 Å². The molecule has 0 spiro atoms.